The minimum atomic E-state index is -2.19. The Labute approximate surface area is 168 Å². The Hall–Kier alpha value is -0.339. The van der Waals surface area contributed by atoms with Gasteiger partial charge in [0.25, 0.3) is 0 Å². The second kappa shape index (κ2) is 11.0. The molecule has 0 aromatic carbocycles. The van der Waals surface area contributed by atoms with Crippen LogP contribution in [0.5, 0.6) is 0 Å². The summed E-state index contributed by atoms with van der Waals surface area (Å²) in [5.41, 5.74) is -0.00674. The standard InChI is InChI=1S/C13H34O5Si3.C4H6O2/c1-9-11(19-2)13(16,18-21(6,7)8)12(15,10-14)17-20(3,4)5;1-3(2)4(5)6/h11,14-16H,9-10,19H2,1-8H3;1H2,2H3,(H,5,6). The number of rotatable bonds is 10. The third-order valence-electron chi connectivity index (χ3n) is 3.61. The first-order chi connectivity index (χ1) is 11.9. The largest absolute Gasteiger partial charge is 0.478 e. The molecule has 27 heavy (non-hydrogen) atoms. The Balaban J connectivity index is 0. The monoisotopic (exact) mass is 440 g/mol. The van der Waals surface area contributed by atoms with Gasteiger partial charge in [0.1, 0.15) is 6.61 Å². The molecular formula is C17H40O7Si3. The van der Waals surface area contributed by atoms with Gasteiger partial charge < -0.3 is 29.3 Å². The van der Waals surface area contributed by atoms with Gasteiger partial charge in [0.2, 0.25) is 11.6 Å². The fraction of sp³-hybridized carbons (Fsp3) is 0.824. The highest BCUT2D eigenvalue weighted by atomic mass is 28.4. The van der Waals surface area contributed by atoms with Crippen molar-refractivity contribution in [1.29, 1.82) is 0 Å². The zero-order valence-corrected chi connectivity index (χ0v) is 21.8. The summed E-state index contributed by atoms with van der Waals surface area (Å²) in [5, 5.41) is 39.8. The van der Waals surface area contributed by atoms with Crippen molar-refractivity contribution < 1.29 is 34.1 Å². The molecule has 0 aliphatic rings. The molecule has 10 heteroatoms. The highest BCUT2D eigenvalue weighted by molar-refractivity contribution is 6.70. The third-order valence-corrected chi connectivity index (χ3v) is 7.60. The lowest BCUT2D eigenvalue weighted by atomic mass is 10.0. The lowest BCUT2D eigenvalue weighted by molar-refractivity contribution is -0.350. The average Bonchev–Trinajstić information content (AvgIpc) is 2.45. The Morgan fingerprint density at radius 1 is 1.11 bits per heavy atom. The first-order valence-electron chi connectivity index (χ1n) is 9.23. The van der Waals surface area contributed by atoms with Crippen LogP contribution in [-0.4, -0.2) is 70.7 Å². The van der Waals surface area contributed by atoms with Crippen LogP contribution >= 0.6 is 0 Å². The van der Waals surface area contributed by atoms with Crippen LogP contribution in [0.1, 0.15) is 20.3 Å². The van der Waals surface area contributed by atoms with E-state index < -0.39 is 50.3 Å². The van der Waals surface area contributed by atoms with Crippen molar-refractivity contribution >= 4 is 32.1 Å². The molecule has 0 aromatic rings. The third kappa shape index (κ3) is 10.1. The van der Waals surface area contributed by atoms with Gasteiger partial charge in [0, 0.05) is 20.6 Å². The normalized spacial score (nSPS) is 18.2. The van der Waals surface area contributed by atoms with Gasteiger partial charge >= 0.3 is 5.97 Å². The maximum absolute atomic E-state index is 11.2. The molecule has 0 aliphatic carbocycles. The van der Waals surface area contributed by atoms with Crippen molar-refractivity contribution in [3.63, 3.8) is 0 Å². The average molecular weight is 441 g/mol. The van der Waals surface area contributed by atoms with Crippen LogP contribution in [-0.2, 0) is 13.6 Å². The van der Waals surface area contributed by atoms with E-state index in [1.165, 1.54) is 6.92 Å². The van der Waals surface area contributed by atoms with Gasteiger partial charge in [0.15, 0.2) is 16.6 Å². The van der Waals surface area contributed by atoms with Crippen molar-refractivity contribution in [2.45, 2.75) is 83.2 Å². The summed E-state index contributed by atoms with van der Waals surface area (Å²) < 4.78 is 11.8. The van der Waals surface area contributed by atoms with E-state index >= 15 is 0 Å². The molecule has 0 saturated carbocycles. The van der Waals surface area contributed by atoms with E-state index in [1.54, 1.807) is 0 Å². The number of aliphatic hydroxyl groups is 3. The molecule has 162 valence electrons. The molecule has 0 spiro atoms. The summed E-state index contributed by atoms with van der Waals surface area (Å²) in [6.45, 7) is 19.5. The molecule has 4 N–H and O–H groups in total. The zero-order valence-electron chi connectivity index (χ0n) is 18.4. The van der Waals surface area contributed by atoms with Crippen LogP contribution in [0.25, 0.3) is 0 Å². The second-order valence-electron chi connectivity index (χ2n) is 8.67. The van der Waals surface area contributed by atoms with Crippen molar-refractivity contribution in [2.75, 3.05) is 6.61 Å². The van der Waals surface area contributed by atoms with E-state index in [1.807, 2.05) is 46.2 Å². The molecule has 0 bridgehead atoms. The van der Waals surface area contributed by atoms with E-state index in [2.05, 4.69) is 13.1 Å². The second-order valence-corrected chi connectivity index (χ2v) is 19.3. The predicted octanol–water partition coefficient (Wildman–Crippen LogP) is 2.12. The zero-order chi connectivity index (χ0) is 22.3. The van der Waals surface area contributed by atoms with Crippen LogP contribution < -0.4 is 0 Å². The summed E-state index contributed by atoms with van der Waals surface area (Å²) >= 11 is 0. The molecule has 0 aliphatic heterocycles. The van der Waals surface area contributed by atoms with E-state index in [9.17, 15) is 20.1 Å². The fourth-order valence-corrected chi connectivity index (χ4v) is 6.70. The highest BCUT2D eigenvalue weighted by Crippen LogP contribution is 2.41. The number of hydrogen-bond donors (Lipinski definition) is 4. The van der Waals surface area contributed by atoms with E-state index in [4.69, 9.17) is 14.0 Å². The quantitative estimate of drug-likeness (QED) is 0.233. The fourth-order valence-electron chi connectivity index (χ4n) is 2.52. The van der Waals surface area contributed by atoms with Gasteiger partial charge in [-0.15, -0.1) is 0 Å². The van der Waals surface area contributed by atoms with Gasteiger partial charge in [-0.05, 0) is 46.2 Å². The topological polar surface area (TPSA) is 116 Å². The maximum Gasteiger partial charge on any atom is 0.330 e. The molecule has 0 radical (unpaired) electrons. The lowest BCUT2D eigenvalue weighted by Crippen LogP contribution is -2.67. The van der Waals surface area contributed by atoms with Crippen LogP contribution in [0.15, 0.2) is 12.2 Å². The molecule has 0 amide bonds. The highest BCUT2D eigenvalue weighted by Gasteiger charge is 2.58. The smallest absolute Gasteiger partial charge is 0.330 e. The molecular weight excluding hydrogens is 400 g/mol. The first kappa shape index (κ1) is 28.9. The molecule has 0 heterocycles. The molecule has 3 atom stereocenters. The molecule has 0 fully saturated rings. The molecule has 7 nitrogen and oxygen atoms in total. The summed E-state index contributed by atoms with van der Waals surface area (Å²) in [7, 11) is -5.02. The van der Waals surface area contributed by atoms with Crippen LogP contribution in [0.3, 0.4) is 0 Å². The number of aliphatic hydroxyl groups excluding tert-OH is 1. The van der Waals surface area contributed by atoms with Crippen molar-refractivity contribution in [3.8, 4) is 0 Å². The van der Waals surface area contributed by atoms with E-state index in [0.717, 1.165) is 0 Å². The summed E-state index contributed by atoms with van der Waals surface area (Å²) in [4.78, 5) is 9.60. The Kier molecular flexibility index (Phi) is 11.8. The first-order valence-corrected chi connectivity index (χ1v) is 18.3. The maximum atomic E-state index is 11.2. The number of carbonyl (C=O) groups is 1. The molecule has 0 saturated heterocycles. The van der Waals surface area contributed by atoms with Gasteiger partial charge in [-0.2, -0.15) is 0 Å². The van der Waals surface area contributed by atoms with Gasteiger partial charge in [-0.25, -0.2) is 4.79 Å². The van der Waals surface area contributed by atoms with Crippen molar-refractivity contribution in [2.24, 2.45) is 0 Å². The minimum absolute atomic E-state index is 0.176. The lowest BCUT2D eigenvalue weighted by Gasteiger charge is -2.50. The van der Waals surface area contributed by atoms with Crippen molar-refractivity contribution in [3.05, 3.63) is 12.2 Å². The molecule has 0 rings (SSSR count). The van der Waals surface area contributed by atoms with E-state index in [-0.39, 0.29) is 11.1 Å². The summed E-state index contributed by atoms with van der Waals surface area (Å²) in [5.74, 6) is -4.85. The number of carboxylic acids is 1. The Morgan fingerprint density at radius 2 is 1.48 bits per heavy atom. The number of carboxylic acid groups (broad SMARTS) is 1. The van der Waals surface area contributed by atoms with Gasteiger partial charge in [0.05, 0.1) is 0 Å². The predicted molar refractivity (Wildman–Crippen MR) is 117 cm³/mol. The minimum Gasteiger partial charge on any atom is -0.478 e. The van der Waals surface area contributed by atoms with Crippen molar-refractivity contribution in [1.82, 2.24) is 0 Å². The van der Waals surface area contributed by atoms with Crippen LogP contribution in [0, 0.1) is 0 Å². The molecule has 0 aromatic heterocycles. The van der Waals surface area contributed by atoms with E-state index in [0.29, 0.717) is 6.42 Å². The summed E-state index contributed by atoms with van der Waals surface area (Å²) in [6.07, 6.45) is 0.682. The summed E-state index contributed by atoms with van der Waals surface area (Å²) in [6, 6.07) is 0. The number of hydrogen-bond acceptors (Lipinski definition) is 6. The van der Waals surface area contributed by atoms with Gasteiger partial charge in [-0.1, -0.05) is 26.5 Å². The van der Waals surface area contributed by atoms with Crippen LogP contribution in [0.2, 0.25) is 51.4 Å². The number of aliphatic carboxylic acids is 1. The Morgan fingerprint density at radius 3 is 1.67 bits per heavy atom. The SMILES string of the molecule is C=C(C)C(=O)O.CCC([SiH2]C)C(O)(O[Si](C)(C)C)C(O)(CO)O[Si](C)(C)C. The Bertz CT molecular complexity index is 472. The van der Waals surface area contributed by atoms with Gasteiger partial charge in [-0.3, -0.25) is 0 Å². The van der Waals surface area contributed by atoms with Crippen LogP contribution in [0.4, 0.5) is 0 Å². The molecule has 3 unspecified atom stereocenters.